The third-order valence-corrected chi connectivity index (χ3v) is 2.81. The summed E-state index contributed by atoms with van der Waals surface area (Å²) in [4.78, 5) is 2.54. The van der Waals surface area contributed by atoms with Crippen LogP contribution in [-0.2, 0) is 4.74 Å². The van der Waals surface area contributed by atoms with E-state index in [1.165, 1.54) is 32.5 Å². The molecule has 1 N–H and O–H groups in total. The van der Waals surface area contributed by atoms with Gasteiger partial charge in [-0.05, 0) is 26.3 Å². The van der Waals surface area contributed by atoms with Crippen molar-refractivity contribution >= 4 is 0 Å². The Morgan fingerprint density at radius 2 is 2.27 bits per heavy atom. The van der Waals surface area contributed by atoms with Gasteiger partial charge in [0.25, 0.3) is 0 Å². The van der Waals surface area contributed by atoms with Crippen molar-refractivity contribution in [1.29, 1.82) is 0 Å². The zero-order chi connectivity index (χ0) is 11.1. The van der Waals surface area contributed by atoms with E-state index in [-0.39, 0.29) is 0 Å². The molecule has 1 atom stereocenters. The summed E-state index contributed by atoms with van der Waals surface area (Å²) in [6.45, 7) is 11.9. The standard InChI is InChI=1S/C12H26N2O/c1-4-15-9-5-7-14-8-6-12(10-14)13-11(2)3/h11-13H,4-10H2,1-3H3. The van der Waals surface area contributed by atoms with Crippen molar-refractivity contribution in [3.8, 4) is 0 Å². The number of nitrogens with zero attached hydrogens (tertiary/aromatic N) is 1. The van der Waals surface area contributed by atoms with E-state index >= 15 is 0 Å². The number of ether oxygens (including phenoxy) is 1. The first-order valence-corrected chi connectivity index (χ1v) is 6.28. The fourth-order valence-electron chi connectivity index (χ4n) is 2.18. The van der Waals surface area contributed by atoms with E-state index in [0.717, 1.165) is 13.2 Å². The van der Waals surface area contributed by atoms with Crippen molar-refractivity contribution in [3.05, 3.63) is 0 Å². The molecule has 0 radical (unpaired) electrons. The van der Waals surface area contributed by atoms with Crippen LogP contribution < -0.4 is 5.32 Å². The lowest BCUT2D eigenvalue weighted by atomic mass is 10.2. The van der Waals surface area contributed by atoms with Crippen LogP contribution in [-0.4, -0.2) is 49.8 Å². The fraction of sp³-hybridized carbons (Fsp3) is 1.00. The molecule has 1 fully saturated rings. The monoisotopic (exact) mass is 214 g/mol. The summed E-state index contributed by atoms with van der Waals surface area (Å²) in [5, 5.41) is 3.60. The number of nitrogens with one attached hydrogen (secondary N) is 1. The van der Waals surface area contributed by atoms with Gasteiger partial charge in [-0.1, -0.05) is 13.8 Å². The Bertz CT molecular complexity index is 162. The van der Waals surface area contributed by atoms with Gasteiger partial charge < -0.3 is 15.0 Å². The predicted octanol–water partition coefficient (Wildman–Crippen LogP) is 1.49. The van der Waals surface area contributed by atoms with E-state index in [1.54, 1.807) is 0 Å². The van der Waals surface area contributed by atoms with Crippen LogP contribution in [0.3, 0.4) is 0 Å². The Kier molecular flexibility index (Phi) is 6.22. The van der Waals surface area contributed by atoms with Crippen LogP contribution >= 0.6 is 0 Å². The van der Waals surface area contributed by atoms with Crippen LogP contribution in [0.15, 0.2) is 0 Å². The summed E-state index contributed by atoms with van der Waals surface area (Å²) < 4.78 is 5.34. The summed E-state index contributed by atoms with van der Waals surface area (Å²) in [6.07, 6.45) is 2.47. The minimum atomic E-state index is 0.610. The molecule has 0 bridgehead atoms. The number of likely N-dealkylation sites (tertiary alicyclic amines) is 1. The Labute approximate surface area is 94.2 Å². The summed E-state index contributed by atoms with van der Waals surface area (Å²) in [5.74, 6) is 0. The molecule has 0 aromatic heterocycles. The Hall–Kier alpha value is -0.120. The second-order valence-electron chi connectivity index (χ2n) is 4.66. The molecule has 0 aromatic carbocycles. The van der Waals surface area contributed by atoms with Crippen molar-refractivity contribution in [2.45, 2.75) is 45.7 Å². The normalized spacial score (nSPS) is 22.8. The number of hydrogen-bond acceptors (Lipinski definition) is 3. The van der Waals surface area contributed by atoms with Crippen LogP contribution in [0.4, 0.5) is 0 Å². The molecular formula is C12H26N2O. The lowest BCUT2D eigenvalue weighted by Gasteiger charge is -2.18. The predicted molar refractivity (Wildman–Crippen MR) is 64.2 cm³/mol. The van der Waals surface area contributed by atoms with Crippen molar-refractivity contribution < 1.29 is 4.74 Å². The van der Waals surface area contributed by atoms with Crippen LogP contribution in [0, 0.1) is 0 Å². The second kappa shape index (κ2) is 7.20. The molecule has 1 aliphatic heterocycles. The zero-order valence-corrected chi connectivity index (χ0v) is 10.5. The molecule has 0 aromatic rings. The van der Waals surface area contributed by atoms with Crippen molar-refractivity contribution in [2.75, 3.05) is 32.8 Å². The van der Waals surface area contributed by atoms with Crippen LogP contribution in [0.25, 0.3) is 0 Å². The average Bonchev–Trinajstić information content (AvgIpc) is 2.59. The van der Waals surface area contributed by atoms with Crippen LogP contribution in [0.5, 0.6) is 0 Å². The van der Waals surface area contributed by atoms with Gasteiger partial charge in [0.1, 0.15) is 0 Å². The maximum absolute atomic E-state index is 5.34. The molecular weight excluding hydrogens is 188 g/mol. The van der Waals surface area contributed by atoms with E-state index < -0.39 is 0 Å². The molecule has 1 heterocycles. The van der Waals surface area contributed by atoms with Gasteiger partial charge in [0.15, 0.2) is 0 Å². The third-order valence-electron chi connectivity index (χ3n) is 2.81. The fourth-order valence-corrected chi connectivity index (χ4v) is 2.18. The Balaban J connectivity index is 2.03. The molecule has 0 saturated carbocycles. The maximum Gasteiger partial charge on any atom is 0.0478 e. The zero-order valence-electron chi connectivity index (χ0n) is 10.5. The molecule has 3 nitrogen and oxygen atoms in total. The van der Waals surface area contributed by atoms with Gasteiger partial charge in [-0.3, -0.25) is 0 Å². The van der Waals surface area contributed by atoms with Gasteiger partial charge >= 0.3 is 0 Å². The van der Waals surface area contributed by atoms with E-state index in [4.69, 9.17) is 4.74 Å². The van der Waals surface area contributed by atoms with Gasteiger partial charge in [0.05, 0.1) is 0 Å². The Morgan fingerprint density at radius 3 is 2.93 bits per heavy atom. The molecule has 1 aliphatic rings. The molecule has 1 unspecified atom stereocenters. The van der Waals surface area contributed by atoms with Crippen molar-refractivity contribution in [1.82, 2.24) is 10.2 Å². The summed E-state index contributed by atoms with van der Waals surface area (Å²) in [5.41, 5.74) is 0. The largest absolute Gasteiger partial charge is 0.382 e. The number of rotatable bonds is 7. The lowest BCUT2D eigenvalue weighted by Crippen LogP contribution is -2.37. The molecule has 90 valence electrons. The highest BCUT2D eigenvalue weighted by molar-refractivity contribution is 4.81. The van der Waals surface area contributed by atoms with Crippen LogP contribution in [0.1, 0.15) is 33.6 Å². The quantitative estimate of drug-likeness (QED) is 0.650. The highest BCUT2D eigenvalue weighted by atomic mass is 16.5. The first-order valence-electron chi connectivity index (χ1n) is 6.28. The van der Waals surface area contributed by atoms with Gasteiger partial charge in [0.2, 0.25) is 0 Å². The average molecular weight is 214 g/mol. The maximum atomic E-state index is 5.34. The van der Waals surface area contributed by atoms with Gasteiger partial charge in [-0.2, -0.15) is 0 Å². The highest BCUT2D eigenvalue weighted by Crippen LogP contribution is 2.09. The lowest BCUT2D eigenvalue weighted by molar-refractivity contribution is 0.135. The van der Waals surface area contributed by atoms with Gasteiger partial charge in [-0.25, -0.2) is 0 Å². The first-order chi connectivity index (χ1) is 7.22. The Morgan fingerprint density at radius 1 is 1.47 bits per heavy atom. The second-order valence-corrected chi connectivity index (χ2v) is 4.66. The topological polar surface area (TPSA) is 24.5 Å². The molecule has 0 amide bonds. The van der Waals surface area contributed by atoms with E-state index in [9.17, 15) is 0 Å². The highest BCUT2D eigenvalue weighted by Gasteiger charge is 2.21. The van der Waals surface area contributed by atoms with Gasteiger partial charge in [0, 0.05) is 38.4 Å². The summed E-state index contributed by atoms with van der Waals surface area (Å²) in [6, 6.07) is 1.32. The molecule has 0 spiro atoms. The molecule has 1 saturated heterocycles. The van der Waals surface area contributed by atoms with Gasteiger partial charge in [-0.15, -0.1) is 0 Å². The smallest absolute Gasteiger partial charge is 0.0478 e. The van der Waals surface area contributed by atoms with E-state index in [0.29, 0.717) is 12.1 Å². The molecule has 15 heavy (non-hydrogen) atoms. The van der Waals surface area contributed by atoms with E-state index in [1.807, 2.05) is 0 Å². The molecule has 0 aliphatic carbocycles. The SMILES string of the molecule is CCOCCCN1CCC(NC(C)C)C1. The minimum absolute atomic E-state index is 0.610. The summed E-state index contributed by atoms with van der Waals surface area (Å²) >= 11 is 0. The third kappa shape index (κ3) is 5.50. The first kappa shape index (κ1) is 12.9. The van der Waals surface area contributed by atoms with E-state index in [2.05, 4.69) is 31.0 Å². The van der Waals surface area contributed by atoms with Crippen molar-refractivity contribution in [3.63, 3.8) is 0 Å². The number of hydrogen-bond donors (Lipinski definition) is 1. The minimum Gasteiger partial charge on any atom is -0.382 e. The molecule has 3 heteroatoms. The summed E-state index contributed by atoms with van der Waals surface area (Å²) in [7, 11) is 0. The van der Waals surface area contributed by atoms with Crippen LogP contribution in [0.2, 0.25) is 0 Å². The van der Waals surface area contributed by atoms with Crippen molar-refractivity contribution in [2.24, 2.45) is 0 Å². The molecule has 1 rings (SSSR count).